The van der Waals surface area contributed by atoms with Gasteiger partial charge in [-0.05, 0) is 14.1 Å². The van der Waals surface area contributed by atoms with Gasteiger partial charge in [-0.2, -0.15) is 0 Å². The van der Waals surface area contributed by atoms with Gasteiger partial charge in [-0.25, -0.2) is 0 Å². The van der Waals surface area contributed by atoms with Crippen molar-refractivity contribution in [3.63, 3.8) is 0 Å². The Kier molecular flexibility index (Phi) is 6.58. The van der Waals surface area contributed by atoms with E-state index in [4.69, 9.17) is 5.11 Å². The van der Waals surface area contributed by atoms with Crippen molar-refractivity contribution in [2.75, 3.05) is 33.8 Å². The Morgan fingerprint density at radius 1 is 1.36 bits per heavy atom. The molecule has 1 saturated heterocycles. The van der Waals surface area contributed by atoms with E-state index in [0.29, 0.717) is 0 Å². The molecule has 0 saturated carbocycles. The van der Waals surface area contributed by atoms with Gasteiger partial charge in [0.1, 0.15) is 0 Å². The van der Waals surface area contributed by atoms with Crippen LogP contribution in [0.25, 0.3) is 0 Å². The number of halogens is 2. The van der Waals surface area contributed by atoms with Crippen LogP contribution in [0.3, 0.4) is 0 Å². The minimum Gasteiger partial charge on any atom is -0.394 e. The Balaban J connectivity index is 0. The van der Waals surface area contributed by atoms with Crippen molar-refractivity contribution in [2.24, 2.45) is 0 Å². The second kappa shape index (κ2) is 5.17. The van der Waals surface area contributed by atoms with E-state index in [1.165, 1.54) is 0 Å². The number of nitrogens with one attached hydrogen (secondary N) is 1. The topological polar surface area (TPSA) is 35.5 Å². The first kappa shape index (κ1) is 14.0. The summed E-state index contributed by atoms with van der Waals surface area (Å²) in [6.07, 6.45) is 0. The molecule has 2 N–H and O–H groups in total. The average Bonchev–Trinajstić information content (AvgIpc) is 1.62. The molecule has 11 heavy (non-hydrogen) atoms. The van der Waals surface area contributed by atoms with Crippen LogP contribution >= 0.6 is 24.8 Å². The lowest BCUT2D eigenvalue weighted by atomic mass is 9.92. The third kappa shape index (κ3) is 2.46. The third-order valence-corrected chi connectivity index (χ3v) is 2.15. The summed E-state index contributed by atoms with van der Waals surface area (Å²) >= 11 is 0. The summed E-state index contributed by atoms with van der Waals surface area (Å²) in [5.74, 6) is 0. The smallest absolute Gasteiger partial charge is 0.0686 e. The summed E-state index contributed by atoms with van der Waals surface area (Å²) in [7, 11) is 3.99. The van der Waals surface area contributed by atoms with Crippen molar-refractivity contribution >= 4 is 24.8 Å². The number of rotatable bonds is 2. The van der Waals surface area contributed by atoms with Gasteiger partial charge in [0.05, 0.1) is 12.1 Å². The van der Waals surface area contributed by atoms with Crippen molar-refractivity contribution in [1.82, 2.24) is 10.2 Å². The fourth-order valence-electron chi connectivity index (χ4n) is 0.983. The highest BCUT2D eigenvalue weighted by Crippen LogP contribution is 2.15. The molecule has 1 rings (SSSR count). The van der Waals surface area contributed by atoms with Crippen molar-refractivity contribution < 1.29 is 5.11 Å². The first-order valence-corrected chi connectivity index (χ1v) is 3.20. The molecule has 1 fully saturated rings. The molecule has 0 aliphatic carbocycles. The normalized spacial score (nSPS) is 19.6. The zero-order valence-electron chi connectivity index (χ0n) is 6.83. The van der Waals surface area contributed by atoms with Crippen molar-refractivity contribution in [2.45, 2.75) is 5.54 Å². The average molecular weight is 203 g/mol. The summed E-state index contributed by atoms with van der Waals surface area (Å²) in [6, 6.07) is 0. The molecule has 1 aliphatic rings. The largest absolute Gasteiger partial charge is 0.394 e. The predicted molar refractivity (Wildman–Crippen MR) is 50.9 cm³/mol. The first-order chi connectivity index (χ1) is 4.21. The van der Waals surface area contributed by atoms with Gasteiger partial charge in [0.25, 0.3) is 0 Å². The zero-order valence-corrected chi connectivity index (χ0v) is 8.47. The highest BCUT2D eigenvalue weighted by molar-refractivity contribution is 5.85. The predicted octanol–water partition coefficient (Wildman–Crippen LogP) is -0.274. The maximum absolute atomic E-state index is 8.93. The van der Waals surface area contributed by atoms with Crippen molar-refractivity contribution in [1.29, 1.82) is 0 Å². The number of likely N-dealkylation sites (N-methyl/N-ethyl adjacent to an activating group) is 1. The van der Waals surface area contributed by atoms with Crippen LogP contribution < -0.4 is 5.32 Å². The van der Waals surface area contributed by atoms with Gasteiger partial charge in [0.2, 0.25) is 0 Å². The first-order valence-electron chi connectivity index (χ1n) is 3.20. The number of hydrogen-bond donors (Lipinski definition) is 2. The lowest BCUT2D eigenvalue weighted by Crippen LogP contribution is -2.69. The van der Waals surface area contributed by atoms with Crippen LogP contribution in [-0.2, 0) is 0 Å². The molecular weight excluding hydrogens is 187 g/mol. The van der Waals surface area contributed by atoms with Crippen LogP contribution in [0.5, 0.6) is 0 Å². The Labute approximate surface area is 80.0 Å². The molecule has 0 aromatic carbocycles. The van der Waals surface area contributed by atoms with Gasteiger partial charge in [-0.3, -0.25) is 4.90 Å². The Morgan fingerprint density at radius 2 is 1.82 bits per heavy atom. The van der Waals surface area contributed by atoms with Crippen LogP contribution in [-0.4, -0.2) is 49.3 Å². The van der Waals surface area contributed by atoms with E-state index in [1.54, 1.807) is 0 Å². The molecule has 0 atom stereocenters. The fourth-order valence-corrected chi connectivity index (χ4v) is 0.983. The maximum Gasteiger partial charge on any atom is 0.0686 e. The summed E-state index contributed by atoms with van der Waals surface area (Å²) in [5.41, 5.74) is 0.0417. The number of aliphatic hydroxyl groups is 1. The van der Waals surface area contributed by atoms with E-state index in [-0.39, 0.29) is 37.0 Å². The summed E-state index contributed by atoms with van der Waals surface area (Å²) in [4.78, 5) is 2.07. The molecular formula is C6H16Cl2N2O. The molecule has 3 nitrogen and oxygen atoms in total. The van der Waals surface area contributed by atoms with Gasteiger partial charge in [0, 0.05) is 13.1 Å². The second-order valence-corrected chi connectivity index (χ2v) is 2.88. The number of hydrogen-bond acceptors (Lipinski definition) is 3. The Hall–Kier alpha value is 0.460. The minimum atomic E-state index is 0. The van der Waals surface area contributed by atoms with Gasteiger partial charge in [0.15, 0.2) is 0 Å². The lowest BCUT2D eigenvalue weighted by Gasteiger charge is -2.46. The van der Waals surface area contributed by atoms with Gasteiger partial charge < -0.3 is 10.4 Å². The molecule has 0 amide bonds. The summed E-state index contributed by atoms with van der Waals surface area (Å²) < 4.78 is 0. The van der Waals surface area contributed by atoms with E-state index in [9.17, 15) is 0 Å². The summed E-state index contributed by atoms with van der Waals surface area (Å²) in [6.45, 7) is 2.08. The molecule has 5 heteroatoms. The SMILES string of the molecule is CN(C)C1(CO)CNC1.Cl.Cl. The Morgan fingerprint density at radius 3 is 1.82 bits per heavy atom. The molecule has 0 spiro atoms. The van der Waals surface area contributed by atoms with Crippen LogP contribution in [0.1, 0.15) is 0 Å². The molecule has 0 aromatic rings. The summed E-state index contributed by atoms with van der Waals surface area (Å²) in [5, 5.41) is 12.1. The van der Waals surface area contributed by atoms with Gasteiger partial charge in [-0.15, -0.1) is 24.8 Å². The molecule has 0 aromatic heterocycles. The molecule has 70 valence electrons. The van der Waals surface area contributed by atoms with Gasteiger partial charge >= 0.3 is 0 Å². The molecule has 0 radical (unpaired) electrons. The van der Waals surface area contributed by atoms with Gasteiger partial charge in [-0.1, -0.05) is 0 Å². The van der Waals surface area contributed by atoms with E-state index in [2.05, 4.69) is 10.2 Å². The number of aliphatic hydroxyl groups excluding tert-OH is 1. The van der Waals surface area contributed by atoms with E-state index in [0.717, 1.165) is 13.1 Å². The molecule has 0 unspecified atom stereocenters. The quantitative estimate of drug-likeness (QED) is 0.648. The second-order valence-electron chi connectivity index (χ2n) is 2.88. The van der Waals surface area contributed by atoms with E-state index in [1.807, 2.05) is 14.1 Å². The van der Waals surface area contributed by atoms with Crippen LogP contribution in [0.2, 0.25) is 0 Å². The monoisotopic (exact) mass is 202 g/mol. The number of nitrogens with zero attached hydrogens (tertiary/aromatic N) is 1. The zero-order chi connectivity index (χ0) is 6.91. The van der Waals surface area contributed by atoms with Crippen LogP contribution in [0.15, 0.2) is 0 Å². The Bertz CT molecular complexity index is 101. The van der Waals surface area contributed by atoms with E-state index >= 15 is 0 Å². The molecule has 1 aliphatic heterocycles. The third-order valence-electron chi connectivity index (χ3n) is 2.15. The standard InChI is InChI=1S/C6H14N2O.2ClH/c1-8(2)6(5-9)3-7-4-6;;/h7,9H,3-5H2,1-2H3;2*1H. The molecule has 1 heterocycles. The fraction of sp³-hybridized carbons (Fsp3) is 1.00. The molecule has 0 bridgehead atoms. The highest BCUT2D eigenvalue weighted by atomic mass is 35.5. The lowest BCUT2D eigenvalue weighted by molar-refractivity contribution is 0.0239. The van der Waals surface area contributed by atoms with Crippen molar-refractivity contribution in [3.8, 4) is 0 Å². The minimum absolute atomic E-state index is 0. The maximum atomic E-state index is 8.93. The van der Waals surface area contributed by atoms with E-state index < -0.39 is 0 Å². The van der Waals surface area contributed by atoms with Crippen molar-refractivity contribution in [3.05, 3.63) is 0 Å². The van der Waals surface area contributed by atoms with Crippen LogP contribution in [0.4, 0.5) is 0 Å². The highest BCUT2D eigenvalue weighted by Gasteiger charge is 2.38. The van der Waals surface area contributed by atoms with Crippen LogP contribution in [0, 0.1) is 0 Å².